The van der Waals surface area contributed by atoms with Gasteiger partial charge in [0.2, 0.25) is 0 Å². The second-order valence-electron chi connectivity index (χ2n) is 11.6. The number of aliphatic hydroxyl groups is 5. The maximum atomic E-state index is 13.7. The van der Waals surface area contributed by atoms with Crippen LogP contribution in [0.4, 0.5) is 18.9 Å². The Morgan fingerprint density at radius 3 is 2.14 bits per heavy atom. The van der Waals surface area contributed by atoms with E-state index in [1.807, 2.05) is 12.1 Å². The molecule has 11 nitrogen and oxygen atoms in total. The summed E-state index contributed by atoms with van der Waals surface area (Å²) in [5, 5.41) is 57.0. The summed E-state index contributed by atoms with van der Waals surface area (Å²) in [6.45, 7) is 1.57. The van der Waals surface area contributed by atoms with Gasteiger partial charge in [0.25, 0.3) is 5.91 Å². The van der Waals surface area contributed by atoms with Gasteiger partial charge in [-0.2, -0.15) is 13.2 Å². The van der Waals surface area contributed by atoms with Gasteiger partial charge in [0, 0.05) is 23.5 Å². The van der Waals surface area contributed by atoms with Gasteiger partial charge >= 0.3 is 12.1 Å². The van der Waals surface area contributed by atoms with Crippen molar-refractivity contribution in [1.29, 1.82) is 0 Å². The lowest BCUT2D eigenvalue weighted by Crippen LogP contribution is -2.48. The largest absolute Gasteiger partial charge is 0.477 e. The van der Waals surface area contributed by atoms with E-state index >= 15 is 0 Å². The molecule has 0 aliphatic carbocycles. The number of anilines is 1. The molecule has 1 amide bonds. The van der Waals surface area contributed by atoms with Gasteiger partial charge in [0.1, 0.15) is 24.0 Å². The number of para-hydroxylation sites is 1. The van der Waals surface area contributed by atoms with Crippen LogP contribution in [0.2, 0.25) is 0 Å². The van der Waals surface area contributed by atoms with Crippen LogP contribution in [-0.2, 0) is 19.3 Å². The molecule has 0 bridgehead atoms. The van der Waals surface area contributed by atoms with Crippen LogP contribution in [0.5, 0.6) is 0 Å². The third kappa shape index (κ3) is 8.36. The molecular weight excluding hydrogens is 647 g/mol. The Morgan fingerprint density at radius 1 is 0.857 bits per heavy atom. The van der Waals surface area contributed by atoms with Gasteiger partial charge in [-0.05, 0) is 72.6 Å². The zero-order chi connectivity index (χ0) is 36.0. The molecule has 49 heavy (non-hydrogen) atoms. The van der Waals surface area contributed by atoms with Crippen molar-refractivity contribution < 1.29 is 53.4 Å². The quantitative estimate of drug-likeness (QED) is 0.140. The van der Waals surface area contributed by atoms with E-state index in [9.17, 15) is 33.0 Å². The molecule has 262 valence electrons. The van der Waals surface area contributed by atoms with Crippen molar-refractivity contribution in [3.63, 3.8) is 0 Å². The summed E-state index contributed by atoms with van der Waals surface area (Å²) in [4.78, 5) is 27.0. The Hall–Kier alpha value is -4.57. The van der Waals surface area contributed by atoms with Crippen molar-refractivity contribution in [2.45, 2.75) is 50.6 Å². The van der Waals surface area contributed by atoms with Gasteiger partial charge in [-0.1, -0.05) is 42.5 Å². The summed E-state index contributed by atoms with van der Waals surface area (Å²) in [5.74, 6) is -1.38. The summed E-state index contributed by atoms with van der Waals surface area (Å²) in [6, 6.07) is 20.5. The number of aromatic nitrogens is 1. The van der Waals surface area contributed by atoms with Crippen LogP contribution >= 0.6 is 0 Å². The van der Waals surface area contributed by atoms with Gasteiger partial charge in [-0.15, -0.1) is 0 Å². The standard InChI is InChI=1S/C28H21F3N2O3.C7H17NO5/c1-17-14-18(10-12-21(17)22-7-3-4-8-23(22)28(29,30)31)26(34)33-16-20-11-13-25(27(35)36)32(20)15-19-6-2-5-9-24(19)33;1-8-2-4(10)6(12)7(13)5(11)3-9/h2-14H,15-16H2,1H3,(H,35,36);4-13H,2-3H2,1H3/t;4-,5+,6+,7+/m.0/s1. The maximum absolute atomic E-state index is 13.7. The summed E-state index contributed by atoms with van der Waals surface area (Å²) in [6.07, 6.45) is -10.2. The molecule has 14 heteroatoms. The van der Waals surface area contributed by atoms with Crippen LogP contribution in [0.1, 0.15) is 43.2 Å². The normalized spacial score (nSPS) is 15.1. The van der Waals surface area contributed by atoms with Crippen molar-refractivity contribution >= 4 is 17.6 Å². The molecular formula is C35H38F3N3O8. The molecule has 0 saturated carbocycles. The predicted octanol–water partition coefficient (Wildman–Crippen LogP) is 3.03. The first kappa shape index (κ1) is 37.3. The fourth-order valence-electron chi connectivity index (χ4n) is 5.64. The number of aryl methyl sites for hydroxylation is 1. The average molecular weight is 686 g/mol. The number of aromatic carboxylic acids is 1. The monoisotopic (exact) mass is 685 g/mol. The minimum atomic E-state index is -4.50. The fraction of sp³-hybridized carbons (Fsp3) is 0.314. The van der Waals surface area contributed by atoms with Gasteiger partial charge in [0.15, 0.2) is 0 Å². The minimum Gasteiger partial charge on any atom is -0.477 e. The number of amides is 1. The van der Waals surface area contributed by atoms with E-state index < -0.39 is 48.7 Å². The minimum absolute atomic E-state index is 0.0562. The number of hydrogen-bond donors (Lipinski definition) is 7. The van der Waals surface area contributed by atoms with E-state index in [1.165, 1.54) is 24.3 Å². The van der Waals surface area contributed by atoms with Gasteiger partial charge in [-0.3, -0.25) is 4.79 Å². The van der Waals surface area contributed by atoms with Crippen molar-refractivity contribution in [2.75, 3.05) is 25.1 Å². The molecule has 4 aromatic rings. The highest BCUT2D eigenvalue weighted by molar-refractivity contribution is 6.07. The number of carboxylic acid groups (broad SMARTS) is 1. The average Bonchev–Trinajstić information content (AvgIpc) is 3.40. The number of carbonyl (C=O) groups excluding carboxylic acids is 1. The Kier molecular flexibility index (Phi) is 12.0. The third-order valence-corrected chi connectivity index (χ3v) is 8.20. The van der Waals surface area contributed by atoms with E-state index in [4.69, 9.17) is 20.4 Å². The SMILES string of the molecule is CNC[C@H](O)[C@@H](O)[C@H](O)[C@H](O)CO.Cc1cc(C(=O)N2Cc3ccc(C(=O)O)n3Cc3ccccc32)ccc1-c1ccccc1C(F)(F)F. The molecule has 1 aliphatic rings. The Balaban J connectivity index is 0.000000355. The second-order valence-corrected chi connectivity index (χ2v) is 11.6. The number of rotatable bonds is 9. The number of halogens is 3. The van der Waals surface area contributed by atoms with Crippen molar-refractivity contribution in [1.82, 2.24) is 9.88 Å². The smallest absolute Gasteiger partial charge is 0.417 e. The maximum Gasteiger partial charge on any atom is 0.417 e. The molecule has 0 fully saturated rings. The van der Waals surface area contributed by atoms with Crippen molar-refractivity contribution in [2.24, 2.45) is 0 Å². The summed E-state index contributed by atoms with van der Waals surface area (Å²) in [7, 11) is 1.57. The van der Waals surface area contributed by atoms with Crippen LogP contribution in [-0.4, -0.2) is 91.7 Å². The number of alkyl halides is 3. The lowest BCUT2D eigenvalue weighted by atomic mass is 9.94. The third-order valence-electron chi connectivity index (χ3n) is 8.20. The van der Waals surface area contributed by atoms with E-state index in [1.54, 1.807) is 59.8 Å². The molecule has 0 radical (unpaired) electrons. The van der Waals surface area contributed by atoms with Gasteiger partial charge < -0.3 is 45.4 Å². The van der Waals surface area contributed by atoms with E-state index in [-0.39, 0.29) is 30.3 Å². The van der Waals surface area contributed by atoms with Crippen LogP contribution in [0.15, 0.2) is 78.9 Å². The van der Waals surface area contributed by atoms with Crippen LogP contribution < -0.4 is 10.2 Å². The number of likely N-dealkylation sites (N-methyl/N-ethyl adjacent to an activating group) is 1. The number of carbonyl (C=O) groups is 2. The summed E-state index contributed by atoms with van der Waals surface area (Å²) in [5.41, 5.74) is 2.84. The molecule has 3 aromatic carbocycles. The van der Waals surface area contributed by atoms with Gasteiger partial charge in [0.05, 0.1) is 31.4 Å². The van der Waals surface area contributed by atoms with Crippen LogP contribution in [0, 0.1) is 6.92 Å². The molecule has 4 atom stereocenters. The summed E-state index contributed by atoms with van der Waals surface area (Å²) >= 11 is 0. The first-order valence-corrected chi connectivity index (χ1v) is 15.3. The number of benzene rings is 3. The first-order chi connectivity index (χ1) is 23.2. The van der Waals surface area contributed by atoms with Crippen LogP contribution in [0.25, 0.3) is 11.1 Å². The topological polar surface area (TPSA) is 176 Å². The zero-order valence-electron chi connectivity index (χ0n) is 26.7. The second kappa shape index (κ2) is 15.8. The number of fused-ring (bicyclic) bond motifs is 2. The number of hydrogen-bond acceptors (Lipinski definition) is 8. The lowest BCUT2D eigenvalue weighted by Gasteiger charge is -2.25. The number of nitrogens with one attached hydrogen (secondary N) is 1. The van der Waals surface area contributed by atoms with Crippen LogP contribution in [0.3, 0.4) is 0 Å². The molecule has 1 aliphatic heterocycles. The molecule has 1 aromatic heterocycles. The van der Waals surface area contributed by atoms with E-state index in [0.717, 1.165) is 11.6 Å². The molecule has 0 unspecified atom stereocenters. The highest BCUT2D eigenvalue weighted by Gasteiger charge is 2.34. The van der Waals surface area contributed by atoms with E-state index in [2.05, 4.69) is 5.32 Å². The molecule has 7 N–H and O–H groups in total. The molecule has 5 rings (SSSR count). The fourth-order valence-corrected chi connectivity index (χ4v) is 5.64. The lowest BCUT2D eigenvalue weighted by molar-refractivity contribution is -0.137. The Bertz CT molecular complexity index is 1780. The molecule has 0 saturated heterocycles. The zero-order valence-corrected chi connectivity index (χ0v) is 26.7. The van der Waals surface area contributed by atoms with Crippen molar-refractivity contribution in [3.8, 4) is 11.1 Å². The first-order valence-electron chi connectivity index (χ1n) is 15.3. The number of nitrogens with zero attached hydrogens (tertiary/aromatic N) is 2. The number of aliphatic hydroxyl groups excluding tert-OH is 5. The molecule has 0 spiro atoms. The summed E-state index contributed by atoms with van der Waals surface area (Å²) < 4.78 is 42.4. The van der Waals surface area contributed by atoms with Gasteiger partial charge in [-0.25, -0.2) is 4.79 Å². The molecule has 2 heterocycles. The predicted molar refractivity (Wildman–Crippen MR) is 174 cm³/mol. The van der Waals surface area contributed by atoms with E-state index in [0.29, 0.717) is 34.6 Å². The van der Waals surface area contributed by atoms with Crippen molar-refractivity contribution in [3.05, 3.63) is 113 Å². The Morgan fingerprint density at radius 2 is 1.51 bits per heavy atom. The number of carboxylic acids is 1. The highest BCUT2D eigenvalue weighted by Crippen LogP contribution is 2.38. The highest BCUT2D eigenvalue weighted by atomic mass is 19.4. The Labute approximate surface area is 280 Å².